The summed E-state index contributed by atoms with van der Waals surface area (Å²) in [7, 11) is 0. The minimum Gasteiger partial charge on any atom is -0.475 e. The maximum Gasteiger partial charge on any atom is 0.374 e. The molecule has 0 aliphatic heterocycles. The summed E-state index contributed by atoms with van der Waals surface area (Å²) in [6.45, 7) is 2.61. The number of nitrogens with zero attached hydrogens (tertiary/aromatic N) is 2. The molecule has 0 spiro atoms. The Morgan fingerprint density at radius 3 is 3.08 bits per heavy atom. The molecule has 0 aromatic carbocycles. The Kier molecular flexibility index (Phi) is 2.57. The first kappa shape index (κ1) is 8.45. The lowest BCUT2D eigenvalue weighted by Gasteiger charge is -2.00. The SMILES string of the molecule is CCNc1ccnc(C(=O)O)n1. The summed E-state index contributed by atoms with van der Waals surface area (Å²) in [5.74, 6) is -0.770. The molecule has 1 aromatic rings. The first-order chi connectivity index (χ1) is 5.74. The van der Waals surface area contributed by atoms with E-state index in [1.165, 1.54) is 6.20 Å². The van der Waals surface area contributed by atoms with Gasteiger partial charge in [0.25, 0.3) is 0 Å². The molecule has 0 atom stereocenters. The highest BCUT2D eigenvalue weighted by Gasteiger charge is 2.05. The molecule has 1 aromatic heterocycles. The van der Waals surface area contributed by atoms with E-state index in [0.29, 0.717) is 12.4 Å². The molecule has 0 fully saturated rings. The topological polar surface area (TPSA) is 75.1 Å². The molecular formula is C7H9N3O2. The molecule has 5 heteroatoms. The zero-order chi connectivity index (χ0) is 8.97. The summed E-state index contributed by atoms with van der Waals surface area (Å²) in [5, 5.41) is 11.4. The molecule has 0 saturated carbocycles. The molecule has 0 aliphatic carbocycles. The lowest BCUT2D eigenvalue weighted by molar-refractivity contribution is 0.0683. The zero-order valence-corrected chi connectivity index (χ0v) is 6.61. The van der Waals surface area contributed by atoms with Gasteiger partial charge in [-0.3, -0.25) is 0 Å². The average molecular weight is 167 g/mol. The molecule has 64 valence electrons. The second kappa shape index (κ2) is 3.66. The maximum atomic E-state index is 10.4. The molecule has 5 nitrogen and oxygen atoms in total. The van der Waals surface area contributed by atoms with Crippen molar-refractivity contribution in [1.82, 2.24) is 9.97 Å². The third-order valence-corrected chi connectivity index (χ3v) is 1.20. The molecule has 1 rings (SSSR count). The fraction of sp³-hybridized carbons (Fsp3) is 0.286. The van der Waals surface area contributed by atoms with Crippen LogP contribution in [0.1, 0.15) is 17.5 Å². The van der Waals surface area contributed by atoms with Crippen molar-refractivity contribution in [2.75, 3.05) is 11.9 Å². The quantitative estimate of drug-likeness (QED) is 0.689. The summed E-state index contributed by atoms with van der Waals surface area (Å²) in [6, 6.07) is 1.62. The zero-order valence-electron chi connectivity index (χ0n) is 6.61. The minimum absolute atomic E-state index is 0.187. The number of hydrogen-bond acceptors (Lipinski definition) is 4. The van der Waals surface area contributed by atoms with Gasteiger partial charge in [-0.1, -0.05) is 0 Å². The summed E-state index contributed by atoms with van der Waals surface area (Å²) in [4.78, 5) is 17.7. The number of aromatic nitrogens is 2. The van der Waals surface area contributed by atoms with Crippen LogP contribution < -0.4 is 5.32 Å². The predicted molar refractivity (Wildman–Crippen MR) is 43.2 cm³/mol. The Hall–Kier alpha value is -1.65. The van der Waals surface area contributed by atoms with E-state index in [2.05, 4.69) is 15.3 Å². The molecular weight excluding hydrogens is 158 g/mol. The van der Waals surface area contributed by atoms with Gasteiger partial charge in [-0.2, -0.15) is 0 Å². The van der Waals surface area contributed by atoms with Crippen molar-refractivity contribution in [3.05, 3.63) is 18.1 Å². The molecule has 12 heavy (non-hydrogen) atoms. The van der Waals surface area contributed by atoms with Crippen molar-refractivity contribution in [3.63, 3.8) is 0 Å². The molecule has 1 heterocycles. The van der Waals surface area contributed by atoms with Crippen molar-refractivity contribution >= 4 is 11.8 Å². The van der Waals surface area contributed by atoms with Crippen LogP contribution in [0.5, 0.6) is 0 Å². The van der Waals surface area contributed by atoms with Crippen LogP contribution >= 0.6 is 0 Å². The van der Waals surface area contributed by atoms with Gasteiger partial charge < -0.3 is 10.4 Å². The Balaban J connectivity index is 2.88. The highest BCUT2D eigenvalue weighted by atomic mass is 16.4. The van der Waals surface area contributed by atoms with Crippen molar-refractivity contribution in [2.45, 2.75) is 6.92 Å². The molecule has 0 amide bonds. The van der Waals surface area contributed by atoms with Gasteiger partial charge in [0.15, 0.2) is 0 Å². The molecule has 0 saturated heterocycles. The highest BCUT2D eigenvalue weighted by Crippen LogP contribution is 2.00. The van der Waals surface area contributed by atoms with E-state index in [1.807, 2.05) is 6.92 Å². The fourth-order valence-corrected chi connectivity index (χ4v) is 0.741. The maximum absolute atomic E-state index is 10.4. The van der Waals surface area contributed by atoms with Crippen LogP contribution in [0.2, 0.25) is 0 Å². The van der Waals surface area contributed by atoms with Gasteiger partial charge >= 0.3 is 5.97 Å². The van der Waals surface area contributed by atoms with E-state index in [1.54, 1.807) is 6.07 Å². The smallest absolute Gasteiger partial charge is 0.374 e. The highest BCUT2D eigenvalue weighted by molar-refractivity contribution is 5.83. The van der Waals surface area contributed by atoms with Gasteiger partial charge in [0, 0.05) is 12.7 Å². The number of carbonyl (C=O) groups is 1. The summed E-state index contributed by atoms with van der Waals surface area (Å²) < 4.78 is 0. The number of nitrogens with one attached hydrogen (secondary N) is 1. The number of aromatic carboxylic acids is 1. The van der Waals surface area contributed by atoms with E-state index in [-0.39, 0.29) is 5.82 Å². The lowest BCUT2D eigenvalue weighted by Crippen LogP contribution is -2.07. The minimum atomic E-state index is -1.12. The second-order valence-corrected chi connectivity index (χ2v) is 2.10. The van der Waals surface area contributed by atoms with E-state index in [9.17, 15) is 4.79 Å². The first-order valence-corrected chi connectivity index (χ1v) is 3.54. The van der Waals surface area contributed by atoms with Crippen LogP contribution in [0.15, 0.2) is 12.3 Å². The first-order valence-electron chi connectivity index (χ1n) is 3.54. The molecule has 2 N–H and O–H groups in total. The normalized spacial score (nSPS) is 9.42. The summed E-state index contributed by atoms with van der Waals surface area (Å²) in [6.07, 6.45) is 1.41. The number of carboxylic acids is 1. The van der Waals surface area contributed by atoms with Crippen LogP contribution in [0, 0.1) is 0 Å². The van der Waals surface area contributed by atoms with Crippen LogP contribution in [0.4, 0.5) is 5.82 Å². The second-order valence-electron chi connectivity index (χ2n) is 2.10. The van der Waals surface area contributed by atoms with Crippen LogP contribution in [0.3, 0.4) is 0 Å². The van der Waals surface area contributed by atoms with Gasteiger partial charge in [0.2, 0.25) is 5.82 Å². The van der Waals surface area contributed by atoms with Gasteiger partial charge in [-0.25, -0.2) is 14.8 Å². The molecule has 0 unspecified atom stereocenters. The average Bonchev–Trinajstić information content (AvgIpc) is 2.05. The van der Waals surface area contributed by atoms with E-state index >= 15 is 0 Å². The monoisotopic (exact) mass is 167 g/mol. The third kappa shape index (κ3) is 1.91. The Bertz CT molecular complexity index is 288. The van der Waals surface area contributed by atoms with Gasteiger partial charge in [-0.05, 0) is 13.0 Å². The predicted octanol–water partition coefficient (Wildman–Crippen LogP) is 0.607. The summed E-state index contributed by atoms with van der Waals surface area (Å²) in [5.41, 5.74) is 0. The Labute approximate surface area is 69.5 Å². The van der Waals surface area contributed by atoms with Gasteiger partial charge in [0.1, 0.15) is 5.82 Å². The van der Waals surface area contributed by atoms with E-state index < -0.39 is 5.97 Å². The lowest BCUT2D eigenvalue weighted by atomic mass is 10.5. The Morgan fingerprint density at radius 1 is 1.75 bits per heavy atom. The van der Waals surface area contributed by atoms with Crippen LogP contribution in [-0.4, -0.2) is 27.6 Å². The van der Waals surface area contributed by atoms with Crippen molar-refractivity contribution in [3.8, 4) is 0 Å². The standard InChI is InChI=1S/C7H9N3O2/c1-2-8-5-3-4-9-6(10-5)7(11)12/h3-4H,2H2,1H3,(H,11,12)(H,8,9,10). The number of anilines is 1. The molecule has 0 bridgehead atoms. The third-order valence-electron chi connectivity index (χ3n) is 1.20. The largest absolute Gasteiger partial charge is 0.475 e. The van der Waals surface area contributed by atoms with Gasteiger partial charge in [-0.15, -0.1) is 0 Å². The fourth-order valence-electron chi connectivity index (χ4n) is 0.741. The number of carboxylic acid groups (broad SMARTS) is 1. The van der Waals surface area contributed by atoms with Crippen molar-refractivity contribution in [2.24, 2.45) is 0 Å². The van der Waals surface area contributed by atoms with Crippen LogP contribution in [0.25, 0.3) is 0 Å². The van der Waals surface area contributed by atoms with E-state index in [0.717, 1.165) is 0 Å². The number of hydrogen-bond donors (Lipinski definition) is 2. The van der Waals surface area contributed by atoms with Crippen molar-refractivity contribution < 1.29 is 9.90 Å². The number of rotatable bonds is 3. The Morgan fingerprint density at radius 2 is 2.50 bits per heavy atom. The van der Waals surface area contributed by atoms with Crippen molar-refractivity contribution in [1.29, 1.82) is 0 Å². The van der Waals surface area contributed by atoms with E-state index in [4.69, 9.17) is 5.11 Å². The van der Waals surface area contributed by atoms with Crippen LogP contribution in [-0.2, 0) is 0 Å². The summed E-state index contributed by atoms with van der Waals surface area (Å²) >= 11 is 0. The molecule has 0 radical (unpaired) electrons. The van der Waals surface area contributed by atoms with Gasteiger partial charge in [0.05, 0.1) is 0 Å². The molecule has 0 aliphatic rings.